The van der Waals surface area contributed by atoms with Crippen LogP contribution >= 0.6 is 15.9 Å². The molecule has 0 atom stereocenters. The molecule has 1 nitrogen and oxygen atoms in total. The maximum absolute atomic E-state index is 9.10. The second-order valence-electron chi connectivity index (χ2n) is 6.21. The molecule has 0 aromatic heterocycles. The van der Waals surface area contributed by atoms with Crippen LogP contribution in [0.15, 0.2) is 28.7 Å². The Kier molecular flexibility index (Phi) is 4.79. The third kappa shape index (κ3) is 4.44. The maximum atomic E-state index is 9.10. The lowest BCUT2D eigenvalue weighted by atomic mass is 9.70. The second-order valence-corrected chi connectivity index (χ2v) is 7.12. The van der Waals surface area contributed by atoms with Gasteiger partial charge in [0, 0.05) is 11.1 Å². The van der Waals surface area contributed by atoms with Gasteiger partial charge >= 0.3 is 0 Å². The molecule has 2 heteroatoms. The summed E-state index contributed by atoms with van der Waals surface area (Å²) in [7, 11) is 0. The van der Waals surface area contributed by atoms with Crippen molar-refractivity contribution in [1.29, 1.82) is 0 Å². The van der Waals surface area contributed by atoms with Crippen LogP contribution in [0, 0.1) is 5.41 Å². The first kappa shape index (κ1) is 14.7. The third-order valence-corrected chi connectivity index (χ3v) is 3.86. The first-order valence-corrected chi connectivity index (χ1v) is 6.93. The lowest BCUT2D eigenvalue weighted by Crippen LogP contribution is -2.27. The third-order valence-electron chi connectivity index (χ3n) is 3.33. The second kappa shape index (κ2) is 5.53. The quantitative estimate of drug-likeness (QED) is 0.847. The van der Waals surface area contributed by atoms with Gasteiger partial charge in [-0.05, 0) is 41.4 Å². The van der Waals surface area contributed by atoms with Gasteiger partial charge in [-0.3, -0.25) is 0 Å². The van der Waals surface area contributed by atoms with Crippen molar-refractivity contribution in [2.24, 2.45) is 5.41 Å². The molecule has 0 fully saturated rings. The number of benzene rings is 1. The highest BCUT2D eigenvalue weighted by Gasteiger charge is 2.29. The van der Waals surface area contributed by atoms with Gasteiger partial charge in [0.2, 0.25) is 0 Å². The molecule has 1 aromatic rings. The molecule has 0 unspecified atom stereocenters. The standard InChI is InChI=1S/C15H23BrO/c1-14(2,9-10-17)11-15(3,4)12-5-7-13(16)8-6-12/h5-8,17H,9-11H2,1-4H3. The van der Waals surface area contributed by atoms with Gasteiger partial charge in [-0.15, -0.1) is 0 Å². The van der Waals surface area contributed by atoms with Crippen molar-refractivity contribution >= 4 is 15.9 Å². The Bertz CT molecular complexity index is 352. The van der Waals surface area contributed by atoms with Crippen molar-refractivity contribution in [3.8, 4) is 0 Å². The van der Waals surface area contributed by atoms with E-state index in [-0.39, 0.29) is 17.4 Å². The smallest absolute Gasteiger partial charge is 0.0436 e. The molecule has 0 spiro atoms. The SMILES string of the molecule is CC(C)(CCO)CC(C)(C)c1ccc(Br)cc1. The summed E-state index contributed by atoms with van der Waals surface area (Å²) < 4.78 is 1.12. The van der Waals surface area contributed by atoms with E-state index in [4.69, 9.17) is 5.11 Å². The Morgan fingerprint density at radius 3 is 2.06 bits per heavy atom. The van der Waals surface area contributed by atoms with Gasteiger partial charge in [0.25, 0.3) is 0 Å². The molecule has 0 saturated carbocycles. The zero-order chi connectivity index (χ0) is 13.1. The van der Waals surface area contributed by atoms with Crippen LogP contribution in [-0.4, -0.2) is 11.7 Å². The van der Waals surface area contributed by atoms with Gasteiger partial charge in [0.1, 0.15) is 0 Å². The zero-order valence-electron chi connectivity index (χ0n) is 11.3. The van der Waals surface area contributed by atoms with E-state index in [2.05, 4.69) is 67.9 Å². The molecular formula is C15H23BrO. The Balaban J connectivity index is 2.84. The monoisotopic (exact) mass is 298 g/mol. The van der Waals surface area contributed by atoms with Crippen molar-refractivity contribution in [2.75, 3.05) is 6.61 Å². The number of aliphatic hydroxyl groups excluding tert-OH is 1. The molecule has 17 heavy (non-hydrogen) atoms. The highest BCUT2D eigenvalue weighted by Crippen LogP contribution is 2.38. The van der Waals surface area contributed by atoms with Crippen LogP contribution in [0.2, 0.25) is 0 Å². The van der Waals surface area contributed by atoms with E-state index in [9.17, 15) is 0 Å². The lowest BCUT2D eigenvalue weighted by Gasteiger charge is -2.35. The topological polar surface area (TPSA) is 20.2 Å². The fourth-order valence-electron chi connectivity index (χ4n) is 2.59. The minimum absolute atomic E-state index is 0.138. The van der Waals surface area contributed by atoms with Gasteiger partial charge in [0.05, 0.1) is 0 Å². The lowest BCUT2D eigenvalue weighted by molar-refractivity contribution is 0.175. The fourth-order valence-corrected chi connectivity index (χ4v) is 2.85. The van der Waals surface area contributed by atoms with Crippen LogP contribution in [0.5, 0.6) is 0 Å². The predicted octanol–water partition coefficient (Wildman–Crippen LogP) is 4.53. The first-order chi connectivity index (χ1) is 7.77. The van der Waals surface area contributed by atoms with E-state index in [1.54, 1.807) is 0 Å². The molecule has 1 aromatic carbocycles. The summed E-state index contributed by atoms with van der Waals surface area (Å²) in [5, 5.41) is 9.10. The first-order valence-electron chi connectivity index (χ1n) is 6.14. The normalized spacial score (nSPS) is 12.8. The molecule has 0 aliphatic heterocycles. The Labute approximate surface area is 113 Å². The highest BCUT2D eigenvalue weighted by molar-refractivity contribution is 9.10. The number of aliphatic hydroxyl groups is 1. The average molecular weight is 299 g/mol. The Morgan fingerprint density at radius 2 is 1.59 bits per heavy atom. The van der Waals surface area contributed by atoms with Crippen LogP contribution in [0.25, 0.3) is 0 Å². The van der Waals surface area contributed by atoms with Gasteiger partial charge < -0.3 is 5.11 Å². The summed E-state index contributed by atoms with van der Waals surface area (Å²) in [5.74, 6) is 0. The molecule has 0 radical (unpaired) electrons. The van der Waals surface area contributed by atoms with Gasteiger partial charge in [-0.25, -0.2) is 0 Å². The number of hydrogen-bond donors (Lipinski definition) is 1. The Hall–Kier alpha value is -0.340. The average Bonchev–Trinajstić information content (AvgIpc) is 2.16. The minimum Gasteiger partial charge on any atom is -0.396 e. The molecule has 0 bridgehead atoms. The molecule has 1 rings (SSSR count). The minimum atomic E-state index is 0.138. The molecule has 0 saturated heterocycles. The van der Waals surface area contributed by atoms with E-state index in [0.29, 0.717) is 0 Å². The summed E-state index contributed by atoms with van der Waals surface area (Å²) in [6, 6.07) is 8.55. The van der Waals surface area contributed by atoms with E-state index >= 15 is 0 Å². The van der Waals surface area contributed by atoms with Crippen LogP contribution in [0.4, 0.5) is 0 Å². The summed E-state index contributed by atoms with van der Waals surface area (Å²) in [6.45, 7) is 9.27. The molecule has 0 amide bonds. The van der Waals surface area contributed by atoms with Crippen molar-refractivity contribution in [3.63, 3.8) is 0 Å². The molecule has 0 aliphatic carbocycles. The van der Waals surface area contributed by atoms with E-state index < -0.39 is 0 Å². The number of hydrogen-bond acceptors (Lipinski definition) is 1. The number of halogens is 1. The summed E-state index contributed by atoms with van der Waals surface area (Å²) >= 11 is 3.47. The van der Waals surface area contributed by atoms with Crippen LogP contribution in [0.1, 0.15) is 46.1 Å². The van der Waals surface area contributed by atoms with Crippen molar-refractivity contribution < 1.29 is 5.11 Å². The van der Waals surface area contributed by atoms with E-state index in [1.165, 1.54) is 5.56 Å². The van der Waals surface area contributed by atoms with Gasteiger partial charge in [-0.1, -0.05) is 55.8 Å². The maximum Gasteiger partial charge on any atom is 0.0436 e. The van der Waals surface area contributed by atoms with Crippen LogP contribution < -0.4 is 0 Å². The molecule has 0 heterocycles. The summed E-state index contributed by atoms with van der Waals surface area (Å²) in [4.78, 5) is 0. The Morgan fingerprint density at radius 1 is 1.06 bits per heavy atom. The van der Waals surface area contributed by atoms with E-state index in [1.807, 2.05) is 0 Å². The van der Waals surface area contributed by atoms with Gasteiger partial charge in [0.15, 0.2) is 0 Å². The van der Waals surface area contributed by atoms with Crippen molar-refractivity contribution in [3.05, 3.63) is 34.3 Å². The van der Waals surface area contributed by atoms with Crippen LogP contribution in [0.3, 0.4) is 0 Å². The summed E-state index contributed by atoms with van der Waals surface area (Å²) in [6.07, 6.45) is 1.93. The van der Waals surface area contributed by atoms with Crippen molar-refractivity contribution in [1.82, 2.24) is 0 Å². The molecule has 96 valence electrons. The fraction of sp³-hybridized carbons (Fsp3) is 0.600. The molecular weight excluding hydrogens is 276 g/mol. The highest BCUT2D eigenvalue weighted by atomic mass is 79.9. The number of rotatable bonds is 5. The summed E-state index contributed by atoms with van der Waals surface area (Å²) in [5.41, 5.74) is 1.66. The van der Waals surface area contributed by atoms with E-state index in [0.717, 1.165) is 17.3 Å². The predicted molar refractivity (Wildman–Crippen MR) is 77.3 cm³/mol. The van der Waals surface area contributed by atoms with Gasteiger partial charge in [-0.2, -0.15) is 0 Å². The largest absolute Gasteiger partial charge is 0.396 e. The van der Waals surface area contributed by atoms with Crippen LogP contribution in [-0.2, 0) is 5.41 Å². The zero-order valence-corrected chi connectivity index (χ0v) is 12.8. The molecule has 0 aliphatic rings. The van der Waals surface area contributed by atoms with Crippen molar-refractivity contribution in [2.45, 2.75) is 46.0 Å². The molecule has 1 N–H and O–H groups in total.